The first-order chi connectivity index (χ1) is 6.49. The number of hydrogen-bond acceptors (Lipinski definition) is 1. The summed E-state index contributed by atoms with van der Waals surface area (Å²) in [6.07, 6.45) is 0. The molecule has 0 atom stereocenters. The molecule has 78 valence electrons. The van der Waals surface area contributed by atoms with Gasteiger partial charge in [0.15, 0.2) is 8.24 Å². The van der Waals surface area contributed by atoms with Crippen molar-refractivity contribution in [3.8, 4) is 0 Å². The van der Waals surface area contributed by atoms with Crippen LogP contribution < -0.4 is 10.6 Å². The van der Waals surface area contributed by atoms with E-state index in [0.29, 0.717) is 11.1 Å². The summed E-state index contributed by atoms with van der Waals surface area (Å²) in [5.74, 6) is 0. The van der Waals surface area contributed by atoms with Gasteiger partial charge in [-0.25, -0.2) is 0 Å². The lowest BCUT2D eigenvalue weighted by molar-refractivity contribution is 0.905. The van der Waals surface area contributed by atoms with Gasteiger partial charge < -0.3 is 5.40 Å². The SMILES string of the molecule is CC(C)[Si](N)(c1ccccc1)C(C)C. The Balaban J connectivity index is 3.13. The van der Waals surface area contributed by atoms with Crippen LogP contribution in [0.15, 0.2) is 30.3 Å². The predicted molar refractivity (Wildman–Crippen MR) is 66.2 cm³/mol. The summed E-state index contributed by atoms with van der Waals surface area (Å²) in [4.78, 5) is 0. The van der Waals surface area contributed by atoms with Crippen LogP contribution in [0, 0.1) is 0 Å². The molecule has 2 heteroatoms. The van der Waals surface area contributed by atoms with Gasteiger partial charge in [-0.15, -0.1) is 0 Å². The zero-order valence-corrected chi connectivity index (χ0v) is 10.6. The zero-order valence-electron chi connectivity index (χ0n) is 9.62. The molecule has 0 bridgehead atoms. The predicted octanol–water partition coefficient (Wildman–Crippen LogP) is 2.62. The normalized spacial score (nSPS) is 12.5. The van der Waals surface area contributed by atoms with Gasteiger partial charge >= 0.3 is 0 Å². The van der Waals surface area contributed by atoms with Crippen LogP contribution >= 0.6 is 0 Å². The van der Waals surface area contributed by atoms with Gasteiger partial charge in [0.25, 0.3) is 0 Å². The van der Waals surface area contributed by atoms with Gasteiger partial charge in [0.2, 0.25) is 0 Å². The second-order valence-electron chi connectivity index (χ2n) is 4.61. The van der Waals surface area contributed by atoms with Crippen molar-refractivity contribution >= 4 is 13.4 Å². The third kappa shape index (κ3) is 1.91. The molecule has 0 aliphatic rings. The molecule has 0 radical (unpaired) electrons. The molecule has 1 rings (SSSR count). The maximum Gasteiger partial charge on any atom is 0.160 e. The summed E-state index contributed by atoms with van der Waals surface area (Å²) in [7, 11) is -1.78. The van der Waals surface area contributed by atoms with Crippen LogP contribution in [0.3, 0.4) is 0 Å². The second-order valence-corrected chi connectivity index (χ2v) is 9.36. The van der Waals surface area contributed by atoms with Crippen molar-refractivity contribution in [3.63, 3.8) is 0 Å². The van der Waals surface area contributed by atoms with Gasteiger partial charge in [0, 0.05) is 0 Å². The van der Waals surface area contributed by atoms with E-state index >= 15 is 0 Å². The average Bonchev–Trinajstić information content (AvgIpc) is 2.17. The lowest BCUT2D eigenvalue weighted by atomic mass is 10.4. The summed E-state index contributed by atoms with van der Waals surface area (Å²) < 4.78 is 0. The van der Waals surface area contributed by atoms with Gasteiger partial charge in [-0.1, -0.05) is 58.0 Å². The van der Waals surface area contributed by atoms with E-state index in [1.807, 2.05) is 0 Å². The minimum atomic E-state index is -1.78. The van der Waals surface area contributed by atoms with Gasteiger partial charge in [0.1, 0.15) is 0 Å². The van der Waals surface area contributed by atoms with E-state index in [1.54, 1.807) is 0 Å². The monoisotopic (exact) mass is 207 g/mol. The number of nitrogens with two attached hydrogens (primary N) is 1. The molecule has 2 N–H and O–H groups in total. The Morgan fingerprint density at radius 1 is 0.929 bits per heavy atom. The molecule has 0 unspecified atom stereocenters. The van der Waals surface area contributed by atoms with Crippen LogP contribution in [0.4, 0.5) is 0 Å². The maximum atomic E-state index is 6.64. The minimum absolute atomic E-state index is 0.588. The lowest BCUT2D eigenvalue weighted by Gasteiger charge is -2.35. The van der Waals surface area contributed by atoms with Crippen molar-refractivity contribution < 1.29 is 0 Å². The molecule has 1 aromatic carbocycles. The van der Waals surface area contributed by atoms with Crippen LogP contribution in [0.2, 0.25) is 11.1 Å². The summed E-state index contributed by atoms with van der Waals surface area (Å²) in [6, 6.07) is 10.6. The highest BCUT2D eigenvalue weighted by Gasteiger charge is 2.37. The summed E-state index contributed by atoms with van der Waals surface area (Å²) in [5.41, 5.74) is 1.18. The summed E-state index contributed by atoms with van der Waals surface area (Å²) in [6.45, 7) is 9.00. The number of hydrogen-bond donors (Lipinski definition) is 1. The van der Waals surface area contributed by atoms with Crippen LogP contribution in [0.1, 0.15) is 27.7 Å². The summed E-state index contributed by atoms with van der Waals surface area (Å²) >= 11 is 0. The van der Waals surface area contributed by atoms with E-state index in [0.717, 1.165) is 0 Å². The Bertz CT molecular complexity index is 272. The highest BCUT2D eigenvalue weighted by Crippen LogP contribution is 2.26. The van der Waals surface area contributed by atoms with Crippen molar-refractivity contribution in [1.29, 1.82) is 0 Å². The topological polar surface area (TPSA) is 26.0 Å². The first kappa shape index (κ1) is 11.5. The molecule has 0 aliphatic carbocycles. The van der Waals surface area contributed by atoms with Crippen LogP contribution in [0.25, 0.3) is 0 Å². The van der Waals surface area contributed by atoms with Crippen LogP contribution in [-0.4, -0.2) is 8.24 Å². The fourth-order valence-electron chi connectivity index (χ4n) is 2.06. The van der Waals surface area contributed by atoms with Crippen molar-refractivity contribution in [3.05, 3.63) is 30.3 Å². The highest BCUT2D eigenvalue weighted by molar-refractivity contribution is 6.91. The average molecular weight is 207 g/mol. The minimum Gasteiger partial charge on any atom is -0.347 e. The highest BCUT2D eigenvalue weighted by atomic mass is 28.3. The van der Waals surface area contributed by atoms with Gasteiger partial charge in [-0.3, -0.25) is 0 Å². The third-order valence-electron chi connectivity index (χ3n) is 3.18. The van der Waals surface area contributed by atoms with Gasteiger partial charge in [0.05, 0.1) is 0 Å². The molecule has 0 aromatic heterocycles. The first-order valence-electron chi connectivity index (χ1n) is 5.34. The van der Waals surface area contributed by atoms with Crippen LogP contribution in [0.5, 0.6) is 0 Å². The standard InChI is InChI=1S/C12H21NSi/c1-10(2)14(13,11(3)4)12-8-6-5-7-9-12/h5-11H,13H2,1-4H3. The Labute approximate surface area is 88.4 Å². The Morgan fingerprint density at radius 2 is 1.36 bits per heavy atom. The van der Waals surface area contributed by atoms with E-state index < -0.39 is 8.24 Å². The Morgan fingerprint density at radius 3 is 1.71 bits per heavy atom. The molecular weight excluding hydrogens is 186 g/mol. The van der Waals surface area contributed by atoms with E-state index in [4.69, 9.17) is 5.40 Å². The van der Waals surface area contributed by atoms with E-state index in [-0.39, 0.29) is 0 Å². The van der Waals surface area contributed by atoms with Gasteiger partial charge in [-0.2, -0.15) is 0 Å². The van der Waals surface area contributed by atoms with Crippen molar-refractivity contribution in [2.75, 3.05) is 0 Å². The molecule has 14 heavy (non-hydrogen) atoms. The quantitative estimate of drug-likeness (QED) is 0.758. The van der Waals surface area contributed by atoms with E-state index in [2.05, 4.69) is 58.0 Å². The largest absolute Gasteiger partial charge is 0.347 e. The first-order valence-corrected chi connectivity index (χ1v) is 7.57. The van der Waals surface area contributed by atoms with Crippen molar-refractivity contribution in [2.45, 2.75) is 38.8 Å². The lowest BCUT2D eigenvalue weighted by Crippen LogP contribution is -2.61. The zero-order chi connectivity index (χ0) is 10.8. The van der Waals surface area contributed by atoms with E-state index in [1.165, 1.54) is 5.19 Å². The molecule has 0 saturated carbocycles. The maximum absolute atomic E-state index is 6.64. The van der Waals surface area contributed by atoms with E-state index in [9.17, 15) is 0 Å². The third-order valence-corrected chi connectivity index (χ3v) is 8.34. The second kappa shape index (κ2) is 4.28. The Hall–Kier alpha value is -0.603. The molecule has 0 spiro atoms. The molecule has 1 nitrogen and oxygen atoms in total. The molecule has 0 amide bonds. The number of benzene rings is 1. The summed E-state index contributed by atoms with van der Waals surface area (Å²) in [5, 5.41) is 8.02. The molecule has 0 saturated heterocycles. The van der Waals surface area contributed by atoms with Gasteiger partial charge in [-0.05, 0) is 16.3 Å². The van der Waals surface area contributed by atoms with Crippen LogP contribution in [-0.2, 0) is 0 Å². The molecule has 0 aliphatic heterocycles. The van der Waals surface area contributed by atoms with Crippen molar-refractivity contribution in [2.24, 2.45) is 5.40 Å². The fraction of sp³-hybridized carbons (Fsp3) is 0.500. The molecule has 1 aromatic rings. The molecule has 0 fully saturated rings. The molecule has 0 heterocycles. The fourth-order valence-corrected chi connectivity index (χ4v) is 5.50. The number of rotatable bonds is 3. The Kier molecular flexibility index (Phi) is 3.51. The van der Waals surface area contributed by atoms with Crippen molar-refractivity contribution in [1.82, 2.24) is 0 Å². The molecular formula is C12H21NSi. The smallest absolute Gasteiger partial charge is 0.160 e.